The van der Waals surface area contributed by atoms with Gasteiger partial charge in [-0.1, -0.05) is 52.0 Å². The van der Waals surface area contributed by atoms with E-state index in [-0.39, 0.29) is 17.7 Å². The highest BCUT2D eigenvalue weighted by Gasteiger charge is 2.30. The Morgan fingerprint density at radius 3 is 2.32 bits per heavy atom. The monoisotopic (exact) mass is 398 g/mol. The molecule has 0 unspecified atom stereocenters. The number of carbonyl (C=O) groups is 2. The number of benzene rings is 1. The number of hydrogen-bond donors (Lipinski definition) is 1. The predicted molar refractivity (Wildman–Crippen MR) is 116 cm³/mol. The van der Waals surface area contributed by atoms with Crippen LogP contribution in [0.2, 0.25) is 0 Å². The number of hydrogen-bond acceptors (Lipinski definition) is 3. The molecule has 1 atom stereocenters. The summed E-state index contributed by atoms with van der Waals surface area (Å²) in [5, 5.41) is 5.15. The molecule has 5 heteroatoms. The lowest BCUT2D eigenvalue weighted by Gasteiger charge is -2.32. The van der Waals surface area contributed by atoms with Gasteiger partial charge in [0.1, 0.15) is 0 Å². The van der Waals surface area contributed by atoms with Gasteiger partial charge in [-0.15, -0.1) is 11.3 Å². The van der Waals surface area contributed by atoms with Gasteiger partial charge in [0.2, 0.25) is 5.91 Å². The number of anilines is 1. The molecule has 2 amide bonds. The van der Waals surface area contributed by atoms with Crippen molar-refractivity contribution < 1.29 is 9.59 Å². The number of likely N-dealkylation sites (tertiary alicyclic amines) is 1. The molecule has 1 aliphatic rings. The quantitative estimate of drug-likeness (QED) is 0.724. The van der Waals surface area contributed by atoms with E-state index in [0.29, 0.717) is 18.4 Å². The van der Waals surface area contributed by atoms with Gasteiger partial charge in [0.05, 0.1) is 10.8 Å². The summed E-state index contributed by atoms with van der Waals surface area (Å²) < 4.78 is 0. The third-order valence-electron chi connectivity index (χ3n) is 5.43. The first-order chi connectivity index (χ1) is 13.4. The fourth-order valence-electron chi connectivity index (χ4n) is 3.85. The lowest BCUT2D eigenvalue weighted by Crippen LogP contribution is -2.43. The lowest BCUT2D eigenvalue weighted by atomic mass is 9.91. The van der Waals surface area contributed by atoms with E-state index in [1.807, 2.05) is 22.4 Å². The Bertz CT molecular complexity index is 801. The molecule has 0 aliphatic carbocycles. The van der Waals surface area contributed by atoms with Gasteiger partial charge >= 0.3 is 0 Å². The predicted octanol–water partition coefficient (Wildman–Crippen LogP) is 5.49. The summed E-state index contributed by atoms with van der Waals surface area (Å²) in [5.74, 6) is 0.559. The number of carbonyl (C=O) groups excluding carboxylic acids is 2. The molecule has 4 nitrogen and oxygen atoms in total. The third kappa shape index (κ3) is 4.46. The van der Waals surface area contributed by atoms with Gasteiger partial charge in [-0.3, -0.25) is 9.59 Å². The van der Waals surface area contributed by atoms with Gasteiger partial charge < -0.3 is 10.2 Å². The highest BCUT2D eigenvalue weighted by molar-refractivity contribution is 7.12. The van der Waals surface area contributed by atoms with Crippen LogP contribution >= 0.6 is 11.3 Å². The third-order valence-corrected chi connectivity index (χ3v) is 6.29. The van der Waals surface area contributed by atoms with Crippen LogP contribution in [0.1, 0.15) is 73.2 Å². The molecule has 1 aliphatic heterocycles. The molecule has 0 spiro atoms. The molecule has 2 heterocycles. The van der Waals surface area contributed by atoms with Crippen molar-refractivity contribution >= 4 is 28.8 Å². The molecule has 28 heavy (non-hydrogen) atoms. The first-order valence-corrected chi connectivity index (χ1v) is 11.0. The van der Waals surface area contributed by atoms with Crippen molar-refractivity contribution in [3.63, 3.8) is 0 Å². The van der Waals surface area contributed by atoms with E-state index in [4.69, 9.17) is 0 Å². The van der Waals surface area contributed by atoms with Crippen molar-refractivity contribution in [2.24, 2.45) is 5.92 Å². The van der Waals surface area contributed by atoms with Crippen LogP contribution in [0.3, 0.4) is 0 Å². The van der Waals surface area contributed by atoms with Crippen LogP contribution in [0.5, 0.6) is 0 Å². The number of amides is 2. The average molecular weight is 399 g/mol. The van der Waals surface area contributed by atoms with Crippen LogP contribution in [0.4, 0.5) is 5.69 Å². The molecule has 0 saturated carbocycles. The first kappa shape index (κ1) is 20.6. The molecule has 1 aromatic heterocycles. The largest absolute Gasteiger partial charge is 0.337 e. The minimum atomic E-state index is -0.169. The van der Waals surface area contributed by atoms with Crippen molar-refractivity contribution in [2.75, 3.05) is 18.4 Å². The minimum Gasteiger partial charge on any atom is -0.337 e. The second kappa shape index (κ2) is 8.91. The summed E-state index contributed by atoms with van der Waals surface area (Å²) >= 11 is 1.46. The molecule has 150 valence electrons. The summed E-state index contributed by atoms with van der Waals surface area (Å²) in [6, 6.07) is 10.0. The molecule has 1 fully saturated rings. The van der Waals surface area contributed by atoms with Gasteiger partial charge in [0, 0.05) is 18.8 Å². The summed E-state index contributed by atoms with van der Waals surface area (Å²) in [6.07, 6.45) is 1.68. The Hall–Kier alpha value is -2.14. The number of thiophene rings is 1. The maximum atomic E-state index is 13.1. The van der Waals surface area contributed by atoms with Crippen LogP contribution in [0.15, 0.2) is 35.7 Å². The Balaban J connectivity index is 1.77. The molecule has 1 saturated heterocycles. The Morgan fingerprint density at radius 1 is 1.07 bits per heavy atom. The van der Waals surface area contributed by atoms with Crippen LogP contribution in [-0.2, 0) is 4.79 Å². The maximum absolute atomic E-state index is 13.1. The average Bonchev–Trinajstić information content (AvgIpc) is 3.22. The van der Waals surface area contributed by atoms with Gasteiger partial charge in [-0.25, -0.2) is 0 Å². The van der Waals surface area contributed by atoms with Crippen LogP contribution in [0, 0.1) is 5.92 Å². The first-order valence-electron chi connectivity index (χ1n) is 10.1. The number of rotatable bonds is 5. The van der Waals surface area contributed by atoms with E-state index in [9.17, 15) is 9.59 Å². The zero-order valence-electron chi connectivity index (χ0n) is 17.2. The molecule has 0 bridgehead atoms. The summed E-state index contributed by atoms with van der Waals surface area (Å²) in [6.45, 7) is 9.81. The lowest BCUT2D eigenvalue weighted by molar-refractivity contribution is -0.121. The molecular formula is C23H30N2O2S. The Morgan fingerprint density at radius 2 is 1.75 bits per heavy atom. The topological polar surface area (TPSA) is 49.4 Å². The zero-order valence-corrected chi connectivity index (χ0v) is 18.0. The summed E-state index contributed by atoms with van der Waals surface area (Å²) in [5.41, 5.74) is 3.29. The van der Waals surface area contributed by atoms with Gasteiger partial charge in [0.25, 0.3) is 5.91 Å². The Labute approximate surface area is 172 Å². The molecule has 1 aromatic carbocycles. The van der Waals surface area contributed by atoms with Crippen LogP contribution in [0.25, 0.3) is 0 Å². The van der Waals surface area contributed by atoms with E-state index in [2.05, 4.69) is 51.2 Å². The van der Waals surface area contributed by atoms with Crippen molar-refractivity contribution in [1.29, 1.82) is 0 Å². The standard InChI is InChI=1S/C23H30N2O2S/c1-15(2)18-9-5-10-19(16(3)4)21(18)24-22(26)17-8-6-12-25(14-17)23(27)20-11-7-13-28-20/h5,7,9-11,13,15-17H,6,8,12,14H2,1-4H3,(H,24,26)/t17-/m1/s1. The van der Waals surface area contributed by atoms with Crippen LogP contribution in [-0.4, -0.2) is 29.8 Å². The molecule has 3 rings (SSSR count). The summed E-state index contributed by atoms with van der Waals surface area (Å²) in [7, 11) is 0. The Kier molecular flexibility index (Phi) is 6.55. The van der Waals surface area contributed by atoms with E-state index >= 15 is 0 Å². The number of nitrogens with zero attached hydrogens (tertiary/aromatic N) is 1. The molecule has 1 N–H and O–H groups in total. The molecule has 0 radical (unpaired) electrons. The van der Waals surface area contributed by atoms with Crippen molar-refractivity contribution in [3.05, 3.63) is 51.7 Å². The maximum Gasteiger partial charge on any atom is 0.263 e. The highest BCUT2D eigenvalue weighted by Crippen LogP contribution is 2.33. The van der Waals surface area contributed by atoms with Crippen LogP contribution < -0.4 is 5.32 Å². The minimum absolute atomic E-state index is 0.0266. The fraction of sp³-hybridized carbons (Fsp3) is 0.478. The van der Waals surface area contributed by atoms with E-state index in [0.717, 1.165) is 30.0 Å². The van der Waals surface area contributed by atoms with E-state index in [1.165, 1.54) is 22.5 Å². The van der Waals surface area contributed by atoms with Gasteiger partial charge in [-0.2, -0.15) is 0 Å². The second-order valence-corrected chi connectivity index (χ2v) is 9.13. The normalized spacial score (nSPS) is 17.2. The van der Waals surface area contributed by atoms with Crippen molar-refractivity contribution in [3.8, 4) is 0 Å². The van der Waals surface area contributed by atoms with E-state index < -0.39 is 0 Å². The highest BCUT2D eigenvalue weighted by atomic mass is 32.1. The number of para-hydroxylation sites is 1. The van der Waals surface area contributed by atoms with Crippen molar-refractivity contribution in [2.45, 2.75) is 52.4 Å². The van der Waals surface area contributed by atoms with Gasteiger partial charge in [0.15, 0.2) is 0 Å². The molecule has 2 aromatic rings. The second-order valence-electron chi connectivity index (χ2n) is 8.18. The number of piperidine rings is 1. The SMILES string of the molecule is CC(C)c1cccc(C(C)C)c1NC(=O)[C@@H]1CCCN(C(=O)c2cccs2)C1. The van der Waals surface area contributed by atoms with Crippen molar-refractivity contribution in [1.82, 2.24) is 4.90 Å². The van der Waals surface area contributed by atoms with E-state index in [1.54, 1.807) is 0 Å². The van der Waals surface area contributed by atoms with Gasteiger partial charge in [-0.05, 0) is 47.3 Å². The number of nitrogens with one attached hydrogen (secondary N) is 1. The molecular weight excluding hydrogens is 368 g/mol. The fourth-order valence-corrected chi connectivity index (χ4v) is 4.54. The summed E-state index contributed by atoms with van der Waals surface area (Å²) in [4.78, 5) is 28.4. The smallest absolute Gasteiger partial charge is 0.263 e. The zero-order chi connectivity index (χ0) is 20.3.